The highest BCUT2D eigenvalue weighted by molar-refractivity contribution is 9.10. The molecule has 1 saturated heterocycles. The first-order chi connectivity index (χ1) is 13.4. The fourth-order valence-corrected chi connectivity index (χ4v) is 4.42. The van der Waals surface area contributed by atoms with Gasteiger partial charge in [0.15, 0.2) is 5.65 Å². The van der Waals surface area contributed by atoms with E-state index < -0.39 is 10.0 Å². The molecule has 1 aliphatic rings. The highest BCUT2D eigenvalue weighted by atomic mass is 79.9. The Morgan fingerprint density at radius 2 is 2.21 bits per heavy atom. The van der Waals surface area contributed by atoms with Crippen LogP contribution in [0.3, 0.4) is 0 Å². The van der Waals surface area contributed by atoms with E-state index in [1.165, 1.54) is 10.6 Å². The first-order valence-electron chi connectivity index (χ1n) is 8.79. The van der Waals surface area contributed by atoms with E-state index >= 15 is 0 Å². The van der Waals surface area contributed by atoms with Crippen LogP contribution in [0, 0.1) is 0 Å². The minimum absolute atomic E-state index is 0.0116. The zero-order valence-electron chi connectivity index (χ0n) is 15.2. The Morgan fingerprint density at radius 1 is 1.36 bits per heavy atom. The molecule has 3 aromatic rings. The summed E-state index contributed by atoms with van der Waals surface area (Å²) in [5, 5.41) is 11.1. The van der Waals surface area contributed by atoms with Crippen LogP contribution in [0.1, 0.15) is 12.0 Å². The molecule has 0 saturated carbocycles. The normalized spacial score (nSPS) is 17.9. The molecule has 28 heavy (non-hydrogen) atoms. The van der Waals surface area contributed by atoms with Gasteiger partial charge in [-0.25, -0.2) is 17.7 Å². The van der Waals surface area contributed by atoms with Gasteiger partial charge < -0.3 is 10.6 Å². The lowest BCUT2D eigenvalue weighted by Gasteiger charge is -2.16. The maximum absolute atomic E-state index is 11.7. The lowest BCUT2D eigenvalue weighted by molar-refractivity contribution is 0.480. The van der Waals surface area contributed by atoms with Crippen molar-refractivity contribution in [2.75, 3.05) is 30.0 Å². The van der Waals surface area contributed by atoms with Gasteiger partial charge >= 0.3 is 0 Å². The molecule has 11 heteroatoms. The standard InChI is InChI=1S/C17H20BrN7O2S/c1-28(26,27)24-6-4-13(11-24)22-15-7-16(20-9-12-3-2-5-19-8-12)25-17(23-15)14(18)10-21-25/h2-3,5,7-8,10,13,20H,4,6,9,11H2,1H3,(H,22,23)/t13-/m1/s1. The van der Waals surface area contributed by atoms with Gasteiger partial charge in [0.05, 0.1) is 16.9 Å². The Bertz CT molecular complexity index is 1090. The molecule has 9 nitrogen and oxygen atoms in total. The number of rotatable bonds is 6. The molecule has 0 unspecified atom stereocenters. The van der Waals surface area contributed by atoms with Crippen LogP contribution in [0.2, 0.25) is 0 Å². The van der Waals surface area contributed by atoms with Gasteiger partial charge in [0.1, 0.15) is 11.6 Å². The molecule has 1 atom stereocenters. The van der Waals surface area contributed by atoms with Crippen molar-refractivity contribution in [3.05, 3.63) is 46.8 Å². The van der Waals surface area contributed by atoms with E-state index in [2.05, 4.69) is 41.6 Å². The average molecular weight is 466 g/mol. The van der Waals surface area contributed by atoms with Crippen LogP contribution < -0.4 is 10.6 Å². The Labute approximate surface area is 171 Å². The second-order valence-electron chi connectivity index (χ2n) is 6.72. The number of sulfonamides is 1. The Hall–Kier alpha value is -2.24. The molecule has 0 radical (unpaired) electrons. The third-order valence-electron chi connectivity index (χ3n) is 4.60. The largest absolute Gasteiger partial charge is 0.366 e. The van der Waals surface area contributed by atoms with Gasteiger partial charge in [0.25, 0.3) is 0 Å². The Balaban J connectivity index is 1.56. The maximum atomic E-state index is 11.7. The minimum Gasteiger partial charge on any atom is -0.366 e. The fourth-order valence-electron chi connectivity index (χ4n) is 3.19. The fraction of sp³-hybridized carbons (Fsp3) is 0.353. The number of aromatic nitrogens is 4. The molecule has 0 spiro atoms. The van der Waals surface area contributed by atoms with Crippen LogP contribution in [0.25, 0.3) is 5.65 Å². The molecule has 4 heterocycles. The van der Waals surface area contributed by atoms with Gasteiger partial charge in [-0.05, 0) is 34.0 Å². The first-order valence-corrected chi connectivity index (χ1v) is 11.4. The van der Waals surface area contributed by atoms with Crippen molar-refractivity contribution >= 4 is 43.2 Å². The van der Waals surface area contributed by atoms with Crippen molar-refractivity contribution in [1.82, 2.24) is 23.9 Å². The number of pyridine rings is 1. The first kappa shape index (κ1) is 19.1. The van der Waals surface area contributed by atoms with Gasteiger partial charge in [-0.3, -0.25) is 4.98 Å². The predicted octanol–water partition coefficient (Wildman–Crippen LogP) is 1.94. The van der Waals surface area contributed by atoms with E-state index in [0.29, 0.717) is 31.1 Å². The van der Waals surface area contributed by atoms with Crippen molar-refractivity contribution in [3.8, 4) is 0 Å². The summed E-state index contributed by atoms with van der Waals surface area (Å²) in [4.78, 5) is 8.75. The molecule has 2 N–H and O–H groups in total. The van der Waals surface area contributed by atoms with Crippen LogP contribution in [-0.4, -0.2) is 57.7 Å². The third-order valence-corrected chi connectivity index (χ3v) is 6.43. The van der Waals surface area contributed by atoms with Crippen LogP contribution in [-0.2, 0) is 16.6 Å². The Kier molecular flexibility index (Phi) is 5.21. The minimum atomic E-state index is -3.17. The number of nitrogens with zero attached hydrogens (tertiary/aromatic N) is 5. The van der Waals surface area contributed by atoms with Gasteiger partial charge in [-0.1, -0.05) is 6.07 Å². The zero-order chi connectivity index (χ0) is 19.7. The number of fused-ring (bicyclic) bond motifs is 1. The molecule has 0 amide bonds. The van der Waals surface area contributed by atoms with E-state index in [0.717, 1.165) is 22.3 Å². The second-order valence-corrected chi connectivity index (χ2v) is 9.56. The number of anilines is 2. The van der Waals surface area contributed by atoms with Crippen molar-refractivity contribution in [2.24, 2.45) is 0 Å². The van der Waals surface area contributed by atoms with Crippen molar-refractivity contribution in [1.29, 1.82) is 0 Å². The number of halogens is 1. The topological polar surface area (TPSA) is 105 Å². The summed E-state index contributed by atoms with van der Waals surface area (Å²) in [5.41, 5.74) is 1.73. The molecular weight excluding hydrogens is 446 g/mol. The molecular formula is C17H20BrN7O2S. The van der Waals surface area contributed by atoms with Gasteiger partial charge in [-0.15, -0.1) is 0 Å². The average Bonchev–Trinajstić information content (AvgIpc) is 3.28. The van der Waals surface area contributed by atoms with Gasteiger partial charge in [0, 0.05) is 44.1 Å². The van der Waals surface area contributed by atoms with Gasteiger partial charge in [0.2, 0.25) is 10.0 Å². The van der Waals surface area contributed by atoms with E-state index in [4.69, 9.17) is 0 Å². The zero-order valence-corrected chi connectivity index (χ0v) is 17.6. The molecule has 0 aliphatic carbocycles. The summed E-state index contributed by atoms with van der Waals surface area (Å²) >= 11 is 3.48. The van der Waals surface area contributed by atoms with Crippen LogP contribution >= 0.6 is 15.9 Å². The predicted molar refractivity (Wildman–Crippen MR) is 111 cm³/mol. The highest BCUT2D eigenvalue weighted by Gasteiger charge is 2.28. The SMILES string of the molecule is CS(=O)(=O)N1CC[C@@H](Nc2cc(NCc3cccnc3)n3ncc(Br)c3n2)C1. The molecule has 4 rings (SSSR count). The van der Waals surface area contributed by atoms with Gasteiger partial charge in [-0.2, -0.15) is 9.61 Å². The molecule has 3 aromatic heterocycles. The van der Waals surface area contributed by atoms with Crippen molar-refractivity contribution in [3.63, 3.8) is 0 Å². The van der Waals surface area contributed by atoms with Crippen molar-refractivity contribution in [2.45, 2.75) is 19.0 Å². The lowest BCUT2D eigenvalue weighted by Crippen LogP contribution is -2.30. The quantitative estimate of drug-likeness (QED) is 0.572. The molecule has 1 aliphatic heterocycles. The smallest absolute Gasteiger partial charge is 0.211 e. The summed E-state index contributed by atoms with van der Waals surface area (Å²) in [6, 6.07) is 5.78. The Morgan fingerprint density at radius 3 is 2.93 bits per heavy atom. The molecule has 148 valence electrons. The summed E-state index contributed by atoms with van der Waals surface area (Å²) in [6.07, 6.45) is 7.22. The third kappa shape index (κ3) is 4.10. The van der Waals surface area contributed by atoms with Crippen molar-refractivity contribution < 1.29 is 8.42 Å². The van der Waals surface area contributed by atoms with E-state index in [-0.39, 0.29) is 6.04 Å². The summed E-state index contributed by atoms with van der Waals surface area (Å²) in [6.45, 7) is 1.54. The second kappa shape index (κ2) is 7.64. The molecule has 1 fully saturated rings. The highest BCUT2D eigenvalue weighted by Crippen LogP contribution is 2.24. The summed E-state index contributed by atoms with van der Waals surface area (Å²) < 4.78 is 27.5. The number of hydrogen-bond donors (Lipinski definition) is 2. The lowest BCUT2D eigenvalue weighted by atomic mass is 10.2. The molecule has 0 bridgehead atoms. The van der Waals surface area contributed by atoms with E-state index in [1.807, 2.05) is 24.4 Å². The van der Waals surface area contributed by atoms with Crippen LogP contribution in [0.4, 0.5) is 11.6 Å². The molecule has 0 aromatic carbocycles. The van der Waals surface area contributed by atoms with E-state index in [1.54, 1.807) is 16.9 Å². The summed E-state index contributed by atoms with van der Waals surface area (Å²) in [5.74, 6) is 1.45. The van der Waals surface area contributed by atoms with Crippen LogP contribution in [0.15, 0.2) is 41.3 Å². The van der Waals surface area contributed by atoms with Crippen LogP contribution in [0.5, 0.6) is 0 Å². The number of nitrogens with one attached hydrogen (secondary N) is 2. The monoisotopic (exact) mass is 465 g/mol. The summed E-state index contributed by atoms with van der Waals surface area (Å²) in [7, 11) is -3.17. The maximum Gasteiger partial charge on any atom is 0.211 e. The van der Waals surface area contributed by atoms with E-state index in [9.17, 15) is 8.42 Å². The number of hydrogen-bond acceptors (Lipinski definition) is 7.